The van der Waals surface area contributed by atoms with Gasteiger partial charge in [0.2, 0.25) is 0 Å². The molecule has 9 aromatic carbocycles. The van der Waals surface area contributed by atoms with E-state index in [9.17, 15) is 0 Å². The molecule has 0 spiro atoms. The first-order valence-corrected chi connectivity index (χ1v) is 33.8. The van der Waals surface area contributed by atoms with Gasteiger partial charge in [-0.05, 0) is 223 Å². The fraction of sp³-hybridized carbons (Fsp3) is 0.302. The summed E-state index contributed by atoms with van der Waals surface area (Å²) in [5.74, 6) is 1.72. The summed E-state index contributed by atoms with van der Waals surface area (Å²) in [6, 6.07) is 73.3. The van der Waals surface area contributed by atoms with Gasteiger partial charge in [0.1, 0.15) is 0 Å². The highest BCUT2D eigenvalue weighted by molar-refractivity contribution is 7.00. The van der Waals surface area contributed by atoms with Crippen LogP contribution in [0, 0.1) is 11.8 Å². The maximum absolute atomic E-state index is 4.02. The number of allylic oxidation sites excluding steroid dienone is 5. The summed E-state index contributed by atoms with van der Waals surface area (Å²) in [5.41, 5.74) is 28.6. The molecule has 0 atom stereocenters. The summed E-state index contributed by atoms with van der Waals surface area (Å²) in [6.07, 6.45) is 14.9. The molecule has 91 heavy (non-hydrogen) atoms. The van der Waals surface area contributed by atoms with Crippen molar-refractivity contribution in [2.45, 2.75) is 156 Å². The predicted octanol–water partition coefficient (Wildman–Crippen LogP) is 21.3. The number of piperidine rings is 2. The van der Waals surface area contributed by atoms with Crippen LogP contribution in [0.25, 0.3) is 55.3 Å². The molecule has 2 saturated carbocycles. The summed E-state index contributed by atoms with van der Waals surface area (Å²) in [4.78, 5) is 8.17. The van der Waals surface area contributed by atoms with Gasteiger partial charge in [-0.1, -0.05) is 217 Å². The van der Waals surface area contributed by atoms with Crippen molar-refractivity contribution < 1.29 is 0 Å². The average Bonchev–Trinajstić information content (AvgIpc) is 1.23. The smallest absolute Gasteiger partial charge is 0.252 e. The first-order chi connectivity index (χ1) is 43.5. The maximum atomic E-state index is 4.02. The van der Waals surface area contributed by atoms with Crippen LogP contribution < -0.4 is 31.1 Å². The Morgan fingerprint density at radius 3 is 1.35 bits per heavy atom. The Morgan fingerprint density at radius 2 is 0.857 bits per heavy atom. The molecule has 0 radical (unpaired) electrons. The lowest BCUT2D eigenvalue weighted by molar-refractivity contribution is 0.0900. The molecule has 1 aromatic heterocycles. The van der Waals surface area contributed by atoms with Crippen molar-refractivity contribution in [1.29, 1.82) is 0 Å². The number of hydrogen-bond acceptors (Lipinski definition) is 3. The van der Waals surface area contributed by atoms with Gasteiger partial charge < -0.3 is 19.3 Å². The largest absolute Gasteiger partial charge is 0.365 e. The normalized spacial score (nSPS) is 18.8. The lowest BCUT2D eigenvalue weighted by Gasteiger charge is -2.57. The van der Waals surface area contributed by atoms with E-state index in [-0.39, 0.29) is 28.4 Å². The zero-order valence-corrected chi connectivity index (χ0v) is 56.0. The van der Waals surface area contributed by atoms with E-state index in [0.717, 1.165) is 28.9 Å². The van der Waals surface area contributed by atoms with Gasteiger partial charge in [-0.25, -0.2) is 0 Å². The Bertz CT molecular complexity index is 4480. The predicted molar refractivity (Wildman–Crippen MR) is 394 cm³/mol. The zero-order valence-electron chi connectivity index (χ0n) is 56.0. The number of aromatic nitrogens is 1. The minimum absolute atomic E-state index is 0.0323. The van der Waals surface area contributed by atoms with Crippen molar-refractivity contribution in [3.8, 4) is 27.9 Å². The van der Waals surface area contributed by atoms with E-state index in [1.165, 1.54) is 154 Å². The number of anilines is 7. The van der Waals surface area contributed by atoms with E-state index >= 15 is 0 Å². The molecule has 456 valence electrons. The molecule has 4 bridgehead atoms. The Morgan fingerprint density at radius 1 is 0.418 bits per heavy atom. The standard InChI is InChI=1S/C86H89BN4/c1-15-17-18-56(16-2)57-23-34-67(35-24-57)90-79-51-68(88-69-44-54-43-55(46-69)47-70(88)45-54)38-39-74(79)87-75-48-61(60-21-30-63(31-22-60)84(6,7)8)27-40-78(75)89(66-36-25-59(26-37-66)58-19-28-62(29-20-58)83(3,4)5)80-52-71(53-81(90)82(80)87)91-76-41-32-64(85(9,10)11)49-72(76)73-50-65(86(12,13)14)33-42-77(73)91/h15-42,48-55,69-70H,1,43-47H2,2-14H3/b18-17-,56-16+. The number of benzene rings is 9. The van der Waals surface area contributed by atoms with Crippen LogP contribution in [0.2, 0.25) is 0 Å². The van der Waals surface area contributed by atoms with E-state index in [1.54, 1.807) is 0 Å². The van der Waals surface area contributed by atoms with E-state index in [1.807, 2.05) is 12.2 Å². The Labute approximate surface area is 542 Å². The monoisotopic (exact) mass is 1190 g/mol. The first-order valence-electron chi connectivity index (χ1n) is 33.8. The van der Waals surface area contributed by atoms with E-state index in [4.69, 9.17) is 0 Å². The van der Waals surface area contributed by atoms with E-state index < -0.39 is 0 Å². The van der Waals surface area contributed by atoms with Crippen molar-refractivity contribution in [2.75, 3.05) is 14.7 Å². The summed E-state index contributed by atoms with van der Waals surface area (Å²) in [6.45, 7) is 33.9. The third kappa shape index (κ3) is 10.1. The Balaban J connectivity index is 1.03. The number of hydrogen-bond donors (Lipinski definition) is 0. The SMILES string of the molecule is C=C/C=C\C(=C/C)c1ccc(N2c3cc(N4C5CC6CC(C5)CC4C6)ccc3B3c4cc(-c5ccc(C(C)(C)C)cc5)ccc4N(c4ccc(-c5ccc(C(C)(C)C)cc5)cc4)c4cc(-n5c6ccc(C(C)(C)C)cc6c6cc(C(C)(C)C)ccc65)cc2c43)cc1. The molecule has 0 N–H and O–H groups in total. The highest BCUT2D eigenvalue weighted by Gasteiger charge is 2.49. The Hall–Kier alpha value is -8.54. The van der Waals surface area contributed by atoms with Crippen LogP contribution in [-0.2, 0) is 21.7 Å². The van der Waals surface area contributed by atoms with Gasteiger partial charge in [0, 0.05) is 62.7 Å². The van der Waals surface area contributed by atoms with Crippen molar-refractivity contribution in [1.82, 2.24) is 4.57 Å². The number of nitrogens with zero attached hydrogens (tertiary/aromatic N) is 4. The summed E-state index contributed by atoms with van der Waals surface area (Å²) in [7, 11) is 0. The topological polar surface area (TPSA) is 14.7 Å². The van der Waals surface area contributed by atoms with E-state index in [0.29, 0.717) is 12.1 Å². The minimum Gasteiger partial charge on any atom is -0.365 e. The third-order valence-electron chi connectivity index (χ3n) is 21.4. The van der Waals surface area contributed by atoms with Crippen LogP contribution in [-0.4, -0.2) is 23.4 Å². The van der Waals surface area contributed by atoms with Crippen LogP contribution >= 0.6 is 0 Å². The highest BCUT2D eigenvalue weighted by atomic mass is 15.2. The quantitative estimate of drug-likeness (QED) is 0.106. The molecule has 10 aromatic rings. The Kier molecular flexibility index (Phi) is 13.9. The minimum atomic E-state index is -0.0896. The maximum Gasteiger partial charge on any atom is 0.252 e. The molecule has 4 fully saturated rings. The molecular formula is C86H89BN4. The highest BCUT2D eigenvalue weighted by Crippen LogP contribution is 2.53. The van der Waals surface area contributed by atoms with Gasteiger partial charge in [-0.2, -0.15) is 0 Å². The summed E-state index contributed by atoms with van der Waals surface area (Å²) < 4.78 is 2.59. The fourth-order valence-corrected chi connectivity index (χ4v) is 16.6. The molecule has 4 aliphatic heterocycles. The second-order valence-electron chi connectivity index (χ2n) is 31.5. The fourth-order valence-electron chi connectivity index (χ4n) is 16.6. The van der Waals surface area contributed by atoms with Crippen molar-refractivity contribution >= 4 is 90.3 Å². The summed E-state index contributed by atoms with van der Waals surface area (Å²) >= 11 is 0. The molecule has 0 unspecified atom stereocenters. The van der Waals surface area contributed by atoms with Gasteiger partial charge in [0.25, 0.3) is 6.71 Å². The number of fused-ring (bicyclic) bond motifs is 7. The van der Waals surface area contributed by atoms with Gasteiger partial charge in [-0.3, -0.25) is 0 Å². The van der Waals surface area contributed by atoms with Gasteiger partial charge in [-0.15, -0.1) is 0 Å². The molecule has 0 amide bonds. The van der Waals surface area contributed by atoms with Crippen LogP contribution in [0.5, 0.6) is 0 Å². The molecule has 2 saturated heterocycles. The molecule has 6 aliphatic rings. The summed E-state index contributed by atoms with van der Waals surface area (Å²) in [5, 5.41) is 2.57. The van der Waals surface area contributed by atoms with Crippen LogP contribution in [0.1, 0.15) is 150 Å². The molecule has 5 heteroatoms. The van der Waals surface area contributed by atoms with Gasteiger partial charge >= 0.3 is 0 Å². The first kappa shape index (κ1) is 58.8. The van der Waals surface area contributed by atoms with Crippen LogP contribution in [0.15, 0.2) is 213 Å². The third-order valence-corrected chi connectivity index (χ3v) is 21.4. The molecule has 4 nitrogen and oxygen atoms in total. The van der Waals surface area contributed by atoms with Gasteiger partial charge in [0.15, 0.2) is 0 Å². The van der Waals surface area contributed by atoms with Crippen molar-refractivity contribution in [3.63, 3.8) is 0 Å². The zero-order chi connectivity index (χ0) is 63.2. The molecule has 5 heterocycles. The molecular weight excluding hydrogens is 1100 g/mol. The lowest BCUT2D eigenvalue weighted by atomic mass is 9.33. The average molecular weight is 1190 g/mol. The lowest BCUT2D eigenvalue weighted by Crippen LogP contribution is -2.61. The van der Waals surface area contributed by atoms with Crippen molar-refractivity contribution in [3.05, 3.63) is 241 Å². The number of rotatable bonds is 9. The van der Waals surface area contributed by atoms with Crippen LogP contribution in [0.4, 0.5) is 39.8 Å². The van der Waals surface area contributed by atoms with E-state index in [2.05, 4.69) is 310 Å². The second-order valence-corrected chi connectivity index (χ2v) is 31.5. The van der Waals surface area contributed by atoms with Crippen molar-refractivity contribution in [2.24, 2.45) is 11.8 Å². The van der Waals surface area contributed by atoms with Gasteiger partial charge in [0.05, 0.1) is 16.7 Å². The second kappa shape index (κ2) is 21.5. The molecule has 2 aliphatic carbocycles. The van der Waals surface area contributed by atoms with Crippen LogP contribution in [0.3, 0.4) is 0 Å². The molecule has 16 rings (SSSR count).